The lowest BCUT2D eigenvalue weighted by Gasteiger charge is -2.25. The highest BCUT2D eigenvalue weighted by molar-refractivity contribution is 6.30. The molecule has 1 aromatic carbocycles. The predicted octanol–water partition coefficient (Wildman–Crippen LogP) is 1.72. The number of nitrogens with zero attached hydrogens (tertiary/aromatic N) is 1. The molecule has 1 aromatic rings. The summed E-state index contributed by atoms with van der Waals surface area (Å²) in [6, 6.07) is 7.54. The lowest BCUT2D eigenvalue weighted by Crippen LogP contribution is -2.41. The van der Waals surface area contributed by atoms with E-state index in [1.807, 2.05) is 29.2 Å². The minimum absolute atomic E-state index is 0.0247. The molecule has 1 N–H and O–H groups in total. The van der Waals surface area contributed by atoms with Gasteiger partial charge in [0.2, 0.25) is 11.8 Å². The van der Waals surface area contributed by atoms with Crippen molar-refractivity contribution in [1.29, 1.82) is 0 Å². The molecule has 0 atom stereocenters. The van der Waals surface area contributed by atoms with Crippen molar-refractivity contribution >= 4 is 23.4 Å². The fourth-order valence-corrected chi connectivity index (χ4v) is 2.92. The van der Waals surface area contributed by atoms with Crippen LogP contribution < -0.4 is 5.32 Å². The van der Waals surface area contributed by atoms with Crippen molar-refractivity contribution in [3.8, 4) is 0 Å². The molecule has 1 saturated heterocycles. The number of halogens is 1. The molecule has 106 valence electrons. The SMILES string of the molecule is O=C1CCN(C(=O)C2(c3ccc(Cl)cc3)CC2)CCN1. The third-order valence-electron chi connectivity index (χ3n) is 4.16. The van der Waals surface area contributed by atoms with E-state index in [0.717, 1.165) is 18.4 Å². The molecule has 1 saturated carbocycles. The third kappa shape index (κ3) is 2.40. The molecule has 0 spiro atoms. The van der Waals surface area contributed by atoms with Crippen molar-refractivity contribution in [3.05, 3.63) is 34.9 Å². The zero-order valence-corrected chi connectivity index (χ0v) is 11.9. The van der Waals surface area contributed by atoms with Gasteiger partial charge in [-0.15, -0.1) is 0 Å². The summed E-state index contributed by atoms with van der Waals surface area (Å²) in [7, 11) is 0. The Morgan fingerprint density at radius 2 is 1.90 bits per heavy atom. The van der Waals surface area contributed by atoms with Crippen LogP contribution in [0.15, 0.2) is 24.3 Å². The Bertz CT molecular complexity index is 537. The van der Waals surface area contributed by atoms with Gasteiger partial charge in [-0.05, 0) is 30.5 Å². The second kappa shape index (κ2) is 5.09. The molecular weight excluding hydrogens is 276 g/mol. The highest BCUT2D eigenvalue weighted by Crippen LogP contribution is 2.49. The summed E-state index contributed by atoms with van der Waals surface area (Å²) < 4.78 is 0. The lowest BCUT2D eigenvalue weighted by atomic mass is 9.94. The molecule has 2 fully saturated rings. The van der Waals surface area contributed by atoms with Gasteiger partial charge in [0, 0.05) is 31.1 Å². The number of carbonyl (C=O) groups excluding carboxylic acids is 2. The molecule has 1 heterocycles. The van der Waals surface area contributed by atoms with E-state index in [0.29, 0.717) is 31.1 Å². The molecule has 0 aromatic heterocycles. The Morgan fingerprint density at radius 1 is 1.20 bits per heavy atom. The van der Waals surface area contributed by atoms with Crippen molar-refractivity contribution < 1.29 is 9.59 Å². The monoisotopic (exact) mass is 292 g/mol. The molecule has 5 heteroatoms. The van der Waals surface area contributed by atoms with Crippen LogP contribution in [0.4, 0.5) is 0 Å². The van der Waals surface area contributed by atoms with Crippen LogP contribution in [0, 0.1) is 0 Å². The smallest absolute Gasteiger partial charge is 0.233 e. The van der Waals surface area contributed by atoms with Gasteiger partial charge in [-0.25, -0.2) is 0 Å². The molecule has 1 aliphatic heterocycles. The van der Waals surface area contributed by atoms with E-state index >= 15 is 0 Å². The van der Waals surface area contributed by atoms with E-state index in [4.69, 9.17) is 11.6 Å². The zero-order valence-electron chi connectivity index (χ0n) is 11.2. The average molecular weight is 293 g/mol. The average Bonchev–Trinajstić information content (AvgIpc) is 3.24. The Morgan fingerprint density at radius 3 is 2.55 bits per heavy atom. The van der Waals surface area contributed by atoms with Crippen molar-refractivity contribution in [2.45, 2.75) is 24.7 Å². The van der Waals surface area contributed by atoms with Crippen molar-refractivity contribution in [2.24, 2.45) is 0 Å². The van der Waals surface area contributed by atoms with E-state index in [1.165, 1.54) is 0 Å². The molecule has 2 amide bonds. The summed E-state index contributed by atoms with van der Waals surface area (Å²) in [5.41, 5.74) is 0.660. The summed E-state index contributed by atoms with van der Waals surface area (Å²) in [6.45, 7) is 1.65. The van der Waals surface area contributed by atoms with Gasteiger partial charge < -0.3 is 10.2 Å². The van der Waals surface area contributed by atoms with E-state index < -0.39 is 0 Å². The summed E-state index contributed by atoms with van der Waals surface area (Å²) in [6.07, 6.45) is 2.15. The largest absolute Gasteiger partial charge is 0.354 e. The lowest BCUT2D eigenvalue weighted by molar-refractivity contribution is -0.133. The van der Waals surface area contributed by atoms with Crippen LogP contribution in [0.3, 0.4) is 0 Å². The number of hydrogen-bond acceptors (Lipinski definition) is 2. The highest BCUT2D eigenvalue weighted by atomic mass is 35.5. The van der Waals surface area contributed by atoms with E-state index in [-0.39, 0.29) is 17.2 Å². The molecule has 4 nitrogen and oxygen atoms in total. The van der Waals surface area contributed by atoms with Gasteiger partial charge in [0.05, 0.1) is 5.41 Å². The normalized spacial score (nSPS) is 21.1. The number of benzene rings is 1. The van der Waals surface area contributed by atoms with Gasteiger partial charge in [-0.3, -0.25) is 9.59 Å². The Labute approximate surface area is 123 Å². The molecule has 0 radical (unpaired) electrons. The first kappa shape index (κ1) is 13.4. The van der Waals surface area contributed by atoms with Crippen LogP contribution in [0.5, 0.6) is 0 Å². The van der Waals surface area contributed by atoms with E-state index in [9.17, 15) is 9.59 Å². The maximum atomic E-state index is 12.8. The fraction of sp³-hybridized carbons (Fsp3) is 0.467. The summed E-state index contributed by atoms with van der Waals surface area (Å²) >= 11 is 5.91. The van der Waals surface area contributed by atoms with Gasteiger partial charge >= 0.3 is 0 Å². The van der Waals surface area contributed by atoms with Gasteiger partial charge in [0.15, 0.2) is 0 Å². The Kier molecular flexibility index (Phi) is 3.42. The minimum atomic E-state index is -0.377. The number of carbonyl (C=O) groups is 2. The third-order valence-corrected chi connectivity index (χ3v) is 4.41. The van der Waals surface area contributed by atoms with Gasteiger partial charge in [-0.1, -0.05) is 23.7 Å². The topological polar surface area (TPSA) is 49.4 Å². The molecule has 3 rings (SSSR count). The predicted molar refractivity (Wildman–Crippen MR) is 76.6 cm³/mol. The maximum absolute atomic E-state index is 12.8. The molecule has 0 unspecified atom stereocenters. The van der Waals surface area contributed by atoms with Crippen LogP contribution in [0.25, 0.3) is 0 Å². The number of nitrogens with one attached hydrogen (secondary N) is 1. The van der Waals surface area contributed by atoms with Gasteiger partial charge in [-0.2, -0.15) is 0 Å². The number of rotatable bonds is 2. The number of amides is 2. The maximum Gasteiger partial charge on any atom is 0.233 e. The minimum Gasteiger partial charge on any atom is -0.354 e. The summed E-state index contributed by atoms with van der Waals surface area (Å²) in [5.74, 6) is 0.174. The number of hydrogen-bond donors (Lipinski definition) is 1. The zero-order chi connectivity index (χ0) is 14.2. The van der Waals surface area contributed by atoms with Crippen molar-refractivity contribution in [1.82, 2.24) is 10.2 Å². The van der Waals surface area contributed by atoms with Crippen LogP contribution in [0.1, 0.15) is 24.8 Å². The molecule has 2 aliphatic rings. The quantitative estimate of drug-likeness (QED) is 0.902. The van der Waals surface area contributed by atoms with Crippen molar-refractivity contribution in [2.75, 3.05) is 19.6 Å². The van der Waals surface area contributed by atoms with Gasteiger partial charge in [0.1, 0.15) is 0 Å². The first-order valence-corrected chi connectivity index (χ1v) is 7.32. The molecule has 0 bridgehead atoms. The molecule has 20 heavy (non-hydrogen) atoms. The summed E-state index contributed by atoms with van der Waals surface area (Å²) in [5, 5.41) is 3.48. The summed E-state index contributed by atoms with van der Waals surface area (Å²) in [4.78, 5) is 26.0. The van der Waals surface area contributed by atoms with E-state index in [2.05, 4.69) is 5.32 Å². The van der Waals surface area contributed by atoms with Crippen LogP contribution >= 0.6 is 11.6 Å². The molecule has 1 aliphatic carbocycles. The van der Waals surface area contributed by atoms with Gasteiger partial charge in [0.25, 0.3) is 0 Å². The highest BCUT2D eigenvalue weighted by Gasteiger charge is 2.52. The first-order chi connectivity index (χ1) is 9.62. The Balaban J connectivity index is 1.79. The standard InChI is InChI=1S/C15H17ClN2O2/c16-12-3-1-11(2-4-12)15(6-7-15)14(20)18-9-5-13(19)17-8-10-18/h1-4H,5-10H2,(H,17,19). The Hall–Kier alpha value is -1.55. The van der Waals surface area contributed by atoms with Crippen molar-refractivity contribution in [3.63, 3.8) is 0 Å². The van der Waals surface area contributed by atoms with Crippen LogP contribution in [-0.2, 0) is 15.0 Å². The first-order valence-electron chi connectivity index (χ1n) is 6.94. The van der Waals surface area contributed by atoms with E-state index in [1.54, 1.807) is 0 Å². The second-order valence-electron chi connectivity index (χ2n) is 5.48. The second-order valence-corrected chi connectivity index (χ2v) is 5.92. The van der Waals surface area contributed by atoms with Crippen LogP contribution in [0.2, 0.25) is 5.02 Å². The molecular formula is C15H17ClN2O2. The fourth-order valence-electron chi connectivity index (χ4n) is 2.79. The van der Waals surface area contributed by atoms with Crippen LogP contribution in [-0.4, -0.2) is 36.3 Å².